The Morgan fingerprint density at radius 1 is 0.407 bits per heavy atom. The van der Waals surface area contributed by atoms with Crippen LogP contribution in [-0.4, -0.2) is 16.5 Å². The number of benzene rings is 8. The monoisotopic (exact) mass is 727 g/mol. The van der Waals surface area contributed by atoms with E-state index in [1.54, 1.807) is 6.07 Å². The standard InChI is InChI=1S/C49H33NO2SSi/c51-53(52)45-29-15-16-30-47(45)54(35-17-3-1-4-18-35,36-19-5-2-6-20-36)48-32-31-34(33-46(48)53)50-43-27-13-11-25-41(43)49(42-26-12-14-28-44(42)50)39-23-9-7-21-37(39)38-22-8-10-24-40(38)49/h1-33H/q-1. The van der Waals surface area contributed by atoms with Crippen molar-refractivity contribution in [3.8, 4) is 11.1 Å². The van der Waals surface area contributed by atoms with Crippen molar-refractivity contribution < 1.29 is 8.42 Å². The van der Waals surface area contributed by atoms with Crippen molar-refractivity contribution in [2.24, 2.45) is 0 Å². The maximum absolute atomic E-state index is 15.1. The summed E-state index contributed by atoms with van der Waals surface area (Å²) in [7, 11) is -6.98. The third-order valence-corrected chi connectivity index (χ3v) is 19.1. The highest BCUT2D eigenvalue weighted by Crippen LogP contribution is 2.63. The van der Waals surface area contributed by atoms with Crippen molar-refractivity contribution in [3.63, 3.8) is 0 Å². The molecule has 257 valence electrons. The van der Waals surface area contributed by atoms with Crippen LogP contribution in [0.4, 0.5) is 17.1 Å². The molecule has 0 atom stereocenters. The molecule has 1 spiro atoms. The van der Waals surface area contributed by atoms with Gasteiger partial charge in [-0.15, -0.1) is 0 Å². The Labute approximate surface area is 316 Å². The molecule has 1 aliphatic carbocycles. The van der Waals surface area contributed by atoms with E-state index in [1.165, 1.54) is 33.4 Å². The van der Waals surface area contributed by atoms with Crippen LogP contribution in [0.5, 0.6) is 0 Å². The molecule has 0 bridgehead atoms. The summed E-state index contributed by atoms with van der Waals surface area (Å²) in [6.07, 6.45) is 0. The molecule has 8 aromatic rings. The molecule has 3 aliphatic rings. The first-order valence-corrected chi connectivity index (χ1v) is 21.8. The molecule has 0 radical (unpaired) electrons. The predicted molar refractivity (Wildman–Crippen MR) is 221 cm³/mol. The van der Waals surface area contributed by atoms with E-state index in [4.69, 9.17) is 0 Å². The van der Waals surface area contributed by atoms with Crippen molar-refractivity contribution in [2.45, 2.75) is 15.2 Å². The molecule has 2 heterocycles. The first-order chi connectivity index (χ1) is 26.6. The van der Waals surface area contributed by atoms with Gasteiger partial charge >= 0.3 is 0 Å². The SMILES string of the molecule is O=S1(=O)c2ccccc2[Si-](c2ccccc2)(c2ccccc2)c2ccc(N3c4ccccc4C4(c5ccccc5-c5ccccc54)c4ccccc43)cc21. The van der Waals surface area contributed by atoms with E-state index < -0.39 is 23.3 Å². The normalized spacial score (nSPS) is 16.0. The Bertz CT molecular complexity index is 2790. The molecule has 54 heavy (non-hydrogen) atoms. The Balaban J connectivity index is 1.21. The van der Waals surface area contributed by atoms with Gasteiger partial charge in [-0.05, 0) is 71.8 Å². The quantitative estimate of drug-likeness (QED) is 0.172. The van der Waals surface area contributed by atoms with Gasteiger partial charge < -0.3 is 4.90 Å². The molecule has 0 saturated carbocycles. The minimum Gasteiger partial charge on any atom is -0.310 e. The maximum Gasteiger partial charge on any atom is 0.201 e. The van der Waals surface area contributed by atoms with Gasteiger partial charge in [-0.3, -0.25) is 0 Å². The molecule has 0 unspecified atom stereocenters. The molecule has 5 heteroatoms. The zero-order valence-corrected chi connectivity index (χ0v) is 31.0. The van der Waals surface area contributed by atoms with E-state index in [-0.39, 0.29) is 0 Å². The smallest absolute Gasteiger partial charge is 0.201 e. The van der Waals surface area contributed by atoms with Crippen LogP contribution >= 0.6 is 0 Å². The highest BCUT2D eigenvalue weighted by Gasteiger charge is 2.51. The van der Waals surface area contributed by atoms with Gasteiger partial charge in [0.1, 0.15) is 0 Å². The lowest BCUT2D eigenvalue weighted by atomic mass is 9.64. The summed E-state index contributed by atoms with van der Waals surface area (Å²) in [5.74, 6) is 0. The number of nitrogens with zero attached hydrogens (tertiary/aromatic N) is 1. The van der Waals surface area contributed by atoms with Gasteiger partial charge in [-0.2, -0.15) is 20.7 Å². The van der Waals surface area contributed by atoms with Gasteiger partial charge in [0.25, 0.3) is 0 Å². The Morgan fingerprint density at radius 2 is 0.852 bits per heavy atom. The summed E-state index contributed by atoms with van der Waals surface area (Å²) < 4.78 is 30.1. The van der Waals surface area contributed by atoms with Crippen LogP contribution in [-0.2, 0) is 15.3 Å². The van der Waals surface area contributed by atoms with Crippen molar-refractivity contribution >= 4 is 55.7 Å². The number of hydrogen-bond donors (Lipinski definition) is 0. The highest BCUT2D eigenvalue weighted by atomic mass is 32.2. The molecular weight excluding hydrogens is 695 g/mol. The van der Waals surface area contributed by atoms with E-state index in [9.17, 15) is 0 Å². The molecule has 3 nitrogen and oxygen atoms in total. The Hall–Kier alpha value is -6.27. The summed E-state index contributed by atoms with van der Waals surface area (Å²) in [4.78, 5) is 3.06. The first-order valence-electron chi connectivity index (χ1n) is 18.4. The number of para-hydroxylation sites is 2. The Morgan fingerprint density at radius 3 is 1.43 bits per heavy atom. The van der Waals surface area contributed by atoms with Crippen LogP contribution < -0.4 is 25.6 Å². The fourth-order valence-corrected chi connectivity index (χ4v) is 18.0. The lowest BCUT2D eigenvalue weighted by Gasteiger charge is -2.51. The molecule has 0 aromatic heterocycles. The summed E-state index contributed by atoms with van der Waals surface area (Å²) in [5, 5.41) is 4.09. The second-order valence-electron chi connectivity index (χ2n) is 14.4. The molecular formula is C49H33NO2SSi-. The lowest BCUT2D eigenvalue weighted by molar-refractivity contribution is 0.597. The number of anilines is 3. The van der Waals surface area contributed by atoms with Crippen molar-refractivity contribution in [1.29, 1.82) is 0 Å². The highest BCUT2D eigenvalue weighted by molar-refractivity contribution is 7.92. The van der Waals surface area contributed by atoms with Crippen molar-refractivity contribution in [1.82, 2.24) is 0 Å². The van der Waals surface area contributed by atoms with Crippen LogP contribution in [0.15, 0.2) is 210 Å². The summed E-state index contributed by atoms with van der Waals surface area (Å²) >= 11 is 0. The third-order valence-electron chi connectivity index (χ3n) is 12.0. The van der Waals surface area contributed by atoms with Gasteiger partial charge in [-0.25, -0.2) is 8.42 Å². The van der Waals surface area contributed by atoms with Crippen LogP contribution in [0, 0.1) is 0 Å². The summed E-state index contributed by atoms with van der Waals surface area (Å²) in [6.45, 7) is 0. The predicted octanol–water partition coefficient (Wildman–Crippen LogP) is 8.36. The molecule has 8 aromatic carbocycles. The number of sulfone groups is 1. The average Bonchev–Trinajstić information content (AvgIpc) is 3.53. The number of fused-ring (bicyclic) bond motifs is 11. The minimum atomic E-state index is -3.90. The summed E-state index contributed by atoms with van der Waals surface area (Å²) in [5.41, 5.74) is 9.69. The average molecular weight is 728 g/mol. The van der Waals surface area contributed by atoms with Gasteiger partial charge in [0, 0.05) is 15.5 Å². The number of rotatable bonds is 3. The molecule has 2 aliphatic heterocycles. The first kappa shape index (κ1) is 31.3. The Kier molecular flexibility index (Phi) is 6.58. The van der Waals surface area contributed by atoms with Crippen molar-refractivity contribution in [2.75, 3.05) is 4.90 Å². The molecule has 0 N–H and O–H groups in total. The zero-order chi connectivity index (χ0) is 36.1. The zero-order valence-electron chi connectivity index (χ0n) is 29.2. The van der Waals surface area contributed by atoms with Gasteiger partial charge in [0.2, 0.25) is 9.84 Å². The molecule has 0 amide bonds. The maximum atomic E-state index is 15.1. The van der Waals surface area contributed by atoms with Crippen LogP contribution in [0.3, 0.4) is 0 Å². The fourth-order valence-electron chi connectivity index (χ4n) is 9.96. The van der Waals surface area contributed by atoms with E-state index in [0.717, 1.165) is 37.8 Å². The van der Waals surface area contributed by atoms with Crippen LogP contribution in [0.25, 0.3) is 11.1 Å². The minimum absolute atomic E-state index is 0.380. The van der Waals surface area contributed by atoms with Crippen LogP contribution in [0.2, 0.25) is 0 Å². The number of hydrogen-bond acceptors (Lipinski definition) is 3. The van der Waals surface area contributed by atoms with Crippen molar-refractivity contribution in [3.05, 3.63) is 222 Å². The van der Waals surface area contributed by atoms with E-state index >= 15 is 8.42 Å². The molecule has 11 rings (SSSR count). The second-order valence-corrected chi connectivity index (χ2v) is 20.0. The molecule has 0 saturated heterocycles. The topological polar surface area (TPSA) is 37.4 Å². The van der Waals surface area contributed by atoms with Crippen LogP contribution in [0.1, 0.15) is 22.3 Å². The van der Waals surface area contributed by atoms with E-state index in [2.05, 4.69) is 163 Å². The third kappa shape index (κ3) is 3.87. The second kappa shape index (κ2) is 11.4. The van der Waals surface area contributed by atoms with Gasteiger partial charge in [0.05, 0.1) is 16.8 Å². The van der Waals surface area contributed by atoms with E-state index in [0.29, 0.717) is 9.79 Å². The summed E-state index contributed by atoms with van der Waals surface area (Å²) in [6, 6.07) is 69.9. The lowest BCUT2D eigenvalue weighted by Crippen LogP contribution is -2.77. The van der Waals surface area contributed by atoms with E-state index in [1.807, 2.05) is 36.4 Å². The largest absolute Gasteiger partial charge is 0.310 e. The fraction of sp³-hybridized carbons (Fsp3) is 0.0204. The van der Waals surface area contributed by atoms with Gasteiger partial charge in [0.15, 0.2) is 0 Å². The molecule has 0 fully saturated rings. The van der Waals surface area contributed by atoms with Gasteiger partial charge in [-0.1, -0.05) is 170 Å².